The first-order chi connectivity index (χ1) is 13.5. The van der Waals surface area contributed by atoms with Crippen molar-refractivity contribution < 1.29 is 9.53 Å². The highest BCUT2D eigenvalue weighted by molar-refractivity contribution is 8.00. The van der Waals surface area contributed by atoms with Crippen LogP contribution in [0.4, 0.5) is 5.69 Å². The van der Waals surface area contributed by atoms with Crippen molar-refractivity contribution in [2.45, 2.75) is 26.8 Å². The molecule has 146 valence electrons. The number of esters is 1. The van der Waals surface area contributed by atoms with Crippen LogP contribution in [0.1, 0.15) is 16.8 Å². The van der Waals surface area contributed by atoms with E-state index in [1.165, 1.54) is 29.4 Å². The molecule has 6 heteroatoms. The lowest BCUT2D eigenvalue weighted by Gasteiger charge is -2.32. The van der Waals surface area contributed by atoms with Gasteiger partial charge in [-0.15, -0.1) is 0 Å². The van der Waals surface area contributed by atoms with Gasteiger partial charge in [-0.05, 0) is 54.3 Å². The maximum Gasteiger partial charge on any atom is 0.310 e. The molecule has 1 aliphatic heterocycles. The van der Waals surface area contributed by atoms with Gasteiger partial charge in [-0.25, -0.2) is 0 Å². The molecule has 0 N–H and O–H groups in total. The topological polar surface area (TPSA) is 34.5 Å². The minimum atomic E-state index is -0.229. The van der Waals surface area contributed by atoms with Crippen molar-refractivity contribution in [3.63, 3.8) is 0 Å². The molecule has 0 aliphatic carbocycles. The highest BCUT2D eigenvalue weighted by atomic mass is 35.5. The SMILES string of the molecule is COC(=O)Cc1c(C)c2c3c(cc(C)n3CCN2SC)c1-c1ccc(Cl)cc1. The number of aromatic nitrogens is 1. The number of hydrogen-bond donors (Lipinski definition) is 0. The highest BCUT2D eigenvalue weighted by Crippen LogP contribution is 2.46. The molecule has 1 aliphatic rings. The number of aryl methyl sites for hydroxylation is 1. The zero-order chi connectivity index (χ0) is 20.0. The molecule has 3 aromatic rings. The van der Waals surface area contributed by atoms with E-state index in [0.29, 0.717) is 5.02 Å². The minimum absolute atomic E-state index is 0.229. The number of nitrogens with zero attached hydrogens (tertiary/aromatic N) is 2. The van der Waals surface area contributed by atoms with Crippen molar-refractivity contribution in [3.05, 3.63) is 52.2 Å². The van der Waals surface area contributed by atoms with Crippen molar-refractivity contribution in [1.29, 1.82) is 0 Å². The molecule has 0 unspecified atom stereocenters. The minimum Gasteiger partial charge on any atom is -0.469 e. The first-order valence-electron chi connectivity index (χ1n) is 9.26. The number of rotatable bonds is 4. The largest absolute Gasteiger partial charge is 0.469 e. The number of methoxy groups -OCH3 is 1. The summed E-state index contributed by atoms with van der Waals surface area (Å²) in [5.74, 6) is -0.229. The molecule has 4 rings (SSSR count). The Bertz CT molecular complexity index is 1070. The molecule has 4 nitrogen and oxygen atoms in total. The maximum absolute atomic E-state index is 12.3. The summed E-state index contributed by atoms with van der Waals surface area (Å²) >= 11 is 7.86. The van der Waals surface area contributed by atoms with Crippen molar-refractivity contribution in [1.82, 2.24) is 4.57 Å². The molecule has 0 fully saturated rings. The average Bonchev–Trinajstić information content (AvgIpc) is 3.03. The molecule has 1 aromatic heterocycles. The third-order valence-corrected chi connectivity index (χ3v) is 6.64. The van der Waals surface area contributed by atoms with Gasteiger partial charge in [0.25, 0.3) is 0 Å². The van der Waals surface area contributed by atoms with Gasteiger partial charge in [0.1, 0.15) is 0 Å². The number of carbonyl (C=O) groups is 1. The predicted octanol–water partition coefficient (Wildman–Crippen LogP) is 5.39. The van der Waals surface area contributed by atoms with E-state index in [4.69, 9.17) is 16.3 Å². The second kappa shape index (κ2) is 7.37. The molecular formula is C22H23ClN2O2S. The summed E-state index contributed by atoms with van der Waals surface area (Å²) < 4.78 is 9.75. The van der Waals surface area contributed by atoms with Crippen LogP contribution in [0.5, 0.6) is 0 Å². The van der Waals surface area contributed by atoms with E-state index in [1.807, 2.05) is 24.3 Å². The Labute approximate surface area is 174 Å². The van der Waals surface area contributed by atoms with Gasteiger partial charge in [0.15, 0.2) is 0 Å². The van der Waals surface area contributed by atoms with Crippen LogP contribution in [0, 0.1) is 13.8 Å². The lowest BCUT2D eigenvalue weighted by molar-refractivity contribution is -0.139. The third-order valence-electron chi connectivity index (χ3n) is 5.59. The quantitative estimate of drug-likeness (QED) is 0.423. The Balaban J connectivity index is 2.11. The number of ether oxygens (including phenoxy) is 1. The molecule has 0 spiro atoms. The van der Waals surface area contributed by atoms with Gasteiger partial charge < -0.3 is 13.6 Å². The maximum atomic E-state index is 12.3. The third kappa shape index (κ3) is 2.97. The molecular weight excluding hydrogens is 392 g/mol. The van der Waals surface area contributed by atoms with Crippen LogP contribution in [0.15, 0.2) is 30.3 Å². The average molecular weight is 415 g/mol. The van der Waals surface area contributed by atoms with Crippen molar-refractivity contribution in [2.24, 2.45) is 0 Å². The number of anilines is 1. The fourth-order valence-electron chi connectivity index (χ4n) is 4.26. The van der Waals surface area contributed by atoms with Crippen LogP contribution in [0.25, 0.3) is 22.0 Å². The summed E-state index contributed by atoms with van der Waals surface area (Å²) in [5, 5.41) is 1.88. The summed E-state index contributed by atoms with van der Waals surface area (Å²) in [6, 6.07) is 10.1. The fraction of sp³-hybridized carbons (Fsp3) is 0.318. The van der Waals surface area contributed by atoms with Crippen LogP contribution < -0.4 is 4.31 Å². The first-order valence-corrected chi connectivity index (χ1v) is 10.8. The molecule has 0 atom stereocenters. The van der Waals surface area contributed by atoms with Gasteiger partial charge in [-0.3, -0.25) is 4.79 Å². The van der Waals surface area contributed by atoms with Crippen LogP contribution in [-0.4, -0.2) is 30.4 Å². The summed E-state index contributed by atoms with van der Waals surface area (Å²) in [6.45, 7) is 6.17. The Morgan fingerprint density at radius 1 is 1.21 bits per heavy atom. The van der Waals surface area contributed by atoms with Gasteiger partial charge >= 0.3 is 5.97 Å². The molecule has 2 aromatic carbocycles. The van der Waals surface area contributed by atoms with Gasteiger partial charge in [0, 0.05) is 35.4 Å². The number of carbonyl (C=O) groups excluding carboxylic acids is 1. The number of hydrogen-bond acceptors (Lipinski definition) is 4. The summed E-state index contributed by atoms with van der Waals surface area (Å²) in [5.41, 5.74) is 8.01. The number of benzene rings is 2. The Morgan fingerprint density at radius 3 is 2.57 bits per heavy atom. The van der Waals surface area contributed by atoms with E-state index in [0.717, 1.165) is 35.3 Å². The van der Waals surface area contributed by atoms with Gasteiger partial charge in [0.05, 0.1) is 24.7 Å². The van der Waals surface area contributed by atoms with Crippen LogP contribution in [0.3, 0.4) is 0 Å². The molecule has 28 heavy (non-hydrogen) atoms. The van der Waals surface area contributed by atoms with E-state index in [2.05, 4.69) is 35.0 Å². The standard InChI is InChI=1S/C22H23ClN2O2S/c1-13-11-18-20(15-5-7-16(23)8-6-15)17(12-19(26)27-3)14(2)21-22(18)24(13)9-10-25(21)28-4/h5-8,11H,9-10,12H2,1-4H3. The van der Waals surface area contributed by atoms with E-state index in [9.17, 15) is 4.79 Å². The highest BCUT2D eigenvalue weighted by Gasteiger charge is 2.28. The lowest BCUT2D eigenvalue weighted by Crippen LogP contribution is -2.27. The van der Waals surface area contributed by atoms with Crippen LogP contribution in [0.2, 0.25) is 5.02 Å². The number of halogens is 1. The molecule has 0 bridgehead atoms. The monoisotopic (exact) mass is 414 g/mol. The normalized spacial score (nSPS) is 13.2. The Morgan fingerprint density at radius 2 is 1.93 bits per heavy atom. The summed E-state index contributed by atoms with van der Waals surface area (Å²) in [7, 11) is 1.44. The van der Waals surface area contributed by atoms with Crippen molar-refractivity contribution >= 4 is 46.1 Å². The smallest absolute Gasteiger partial charge is 0.310 e. The van der Waals surface area contributed by atoms with Gasteiger partial charge in [-0.1, -0.05) is 35.7 Å². The predicted molar refractivity (Wildman–Crippen MR) is 118 cm³/mol. The molecule has 0 saturated heterocycles. The Kier molecular flexibility index (Phi) is 5.06. The van der Waals surface area contributed by atoms with E-state index >= 15 is 0 Å². The van der Waals surface area contributed by atoms with Crippen molar-refractivity contribution in [3.8, 4) is 11.1 Å². The van der Waals surface area contributed by atoms with Crippen LogP contribution >= 0.6 is 23.5 Å². The summed E-state index contributed by atoms with van der Waals surface area (Å²) in [4.78, 5) is 12.3. The molecule has 0 amide bonds. The first kappa shape index (κ1) is 19.2. The van der Waals surface area contributed by atoms with Gasteiger partial charge in [0.2, 0.25) is 0 Å². The second-order valence-electron chi connectivity index (χ2n) is 7.07. The Hall–Kier alpha value is -2.11. The lowest BCUT2D eigenvalue weighted by atomic mass is 9.89. The van der Waals surface area contributed by atoms with Crippen LogP contribution in [-0.2, 0) is 22.5 Å². The molecule has 0 saturated carbocycles. The summed E-state index contributed by atoms with van der Waals surface area (Å²) in [6.07, 6.45) is 2.35. The van der Waals surface area contributed by atoms with E-state index < -0.39 is 0 Å². The van der Waals surface area contributed by atoms with E-state index in [-0.39, 0.29) is 12.4 Å². The second-order valence-corrected chi connectivity index (χ2v) is 8.31. The van der Waals surface area contributed by atoms with E-state index in [1.54, 1.807) is 11.9 Å². The zero-order valence-electron chi connectivity index (χ0n) is 16.5. The van der Waals surface area contributed by atoms with Gasteiger partial charge in [-0.2, -0.15) is 0 Å². The molecule has 2 heterocycles. The zero-order valence-corrected chi connectivity index (χ0v) is 18.1. The molecule has 0 radical (unpaired) electrons. The fourth-order valence-corrected chi connectivity index (χ4v) is 5.05. The van der Waals surface area contributed by atoms with Crippen molar-refractivity contribution in [2.75, 3.05) is 24.2 Å².